The summed E-state index contributed by atoms with van der Waals surface area (Å²) in [6.45, 7) is 0. The van der Waals surface area contributed by atoms with Crippen molar-refractivity contribution in [3.05, 3.63) is 11.7 Å². The Kier molecular flexibility index (Phi) is 2.66. The molecule has 18 heavy (non-hydrogen) atoms. The predicted molar refractivity (Wildman–Crippen MR) is 60.2 cm³/mol. The summed E-state index contributed by atoms with van der Waals surface area (Å²) < 4.78 is 31.5. The monoisotopic (exact) mass is 257 g/mol. The van der Waals surface area contributed by atoms with Gasteiger partial charge in [-0.05, 0) is 19.3 Å². The Labute approximate surface area is 104 Å². The lowest BCUT2D eigenvalue weighted by Gasteiger charge is -2.17. The van der Waals surface area contributed by atoms with E-state index in [4.69, 9.17) is 10.3 Å². The van der Waals surface area contributed by atoms with Crippen LogP contribution >= 0.6 is 0 Å². The summed E-state index contributed by atoms with van der Waals surface area (Å²) >= 11 is 0. The molecule has 100 valence electrons. The van der Waals surface area contributed by atoms with Gasteiger partial charge in [-0.1, -0.05) is 18.0 Å². The summed E-state index contributed by atoms with van der Waals surface area (Å²) in [7, 11) is 0. The molecule has 0 aromatic carbocycles. The van der Waals surface area contributed by atoms with Crippen LogP contribution in [0.2, 0.25) is 0 Å². The van der Waals surface area contributed by atoms with Gasteiger partial charge in [0.2, 0.25) is 11.8 Å². The molecular formula is C12H17F2N3O. The molecule has 0 spiro atoms. The number of rotatable bonds is 2. The predicted octanol–water partition coefficient (Wildman–Crippen LogP) is 2.70. The lowest BCUT2D eigenvalue weighted by atomic mass is 9.99. The molecule has 4 nitrogen and oxygen atoms in total. The molecule has 1 aromatic rings. The van der Waals surface area contributed by atoms with Crippen molar-refractivity contribution < 1.29 is 13.3 Å². The van der Waals surface area contributed by atoms with Gasteiger partial charge in [0, 0.05) is 18.8 Å². The Morgan fingerprint density at radius 1 is 1.22 bits per heavy atom. The maximum atomic E-state index is 13.2. The fourth-order valence-corrected chi connectivity index (χ4v) is 2.99. The quantitative estimate of drug-likeness (QED) is 0.884. The first-order valence-electron chi connectivity index (χ1n) is 6.49. The minimum Gasteiger partial charge on any atom is -0.337 e. The highest BCUT2D eigenvalue weighted by Gasteiger charge is 2.43. The van der Waals surface area contributed by atoms with Crippen LogP contribution in [0.3, 0.4) is 0 Å². The van der Waals surface area contributed by atoms with Crippen molar-refractivity contribution in [2.75, 3.05) is 0 Å². The first-order chi connectivity index (χ1) is 8.49. The number of hydrogen-bond acceptors (Lipinski definition) is 4. The molecule has 6 heteroatoms. The van der Waals surface area contributed by atoms with Gasteiger partial charge < -0.3 is 10.3 Å². The standard InChI is InChI=1S/C12H17F2N3O/c13-12(14)6-3-8(7-12)9-16-10(18-17-9)11(15)4-1-2-5-11/h8H,1-7,15H2. The third-order valence-corrected chi connectivity index (χ3v) is 4.13. The molecule has 2 fully saturated rings. The number of hydrogen-bond donors (Lipinski definition) is 1. The van der Waals surface area contributed by atoms with E-state index in [-0.39, 0.29) is 18.8 Å². The Morgan fingerprint density at radius 3 is 2.56 bits per heavy atom. The Bertz CT molecular complexity index is 440. The Hall–Kier alpha value is -1.04. The third kappa shape index (κ3) is 2.02. The van der Waals surface area contributed by atoms with E-state index in [1.54, 1.807) is 0 Å². The SMILES string of the molecule is NC1(c2nc(C3CCC(F)(F)C3)no2)CCCC1. The van der Waals surface area contributed by atoms with E-state index in [9.17, 15) is 8.78 Å². The number of halogens is 2. The van der Waals surface area contributed by atoms with Gasteiger partial charge in [-0.2, -0.15) is 4.98 Å². The van der Waals surface area contributed by atoms with Gasteiger partial charge >= 0.3 is 0 Å². The molecule has 0 saturated heterocycles. The van der Waals surface area contributed by atoms with Gasteiger partial charge in [0.1, 0.15) is 0 Å². The average molecular weight is 257 g/mol. The van der Waals surface area contributed by atoms with Crippen molar-refractivity contribution >= 4 is 0 Å². The number of nitrogens with two attached hydrogens (primary N) is 1. The van der Waals surface area contributed by atoms with Crippen molar-refractivity contribution in [3.8, 4) is 0 Å². The van der Waals surface area contributed by atoms with Gasteiger partial charge in [-0.25, -0.2) is 8.78 Å². The van der Waals surface area contributed by atoms with E-state index in [2.05, 4.69) is 10.1 Å². The molecule has 0 amide bonds. The number of aromatic nitrogens is 2. The van der Waals surface area contributed by atoms with Crippen LogP contribution in [0.15, 0.2) is 4.52 Å². The van der Waals surface area contributed by atoms with E-state index in [1.165, 1.54) is 0 Å². The van der Waals surface area contributed by atoms with Crippen LogP contribution in [-0.4, -0.2) is 16.1 Å². The topological polar surface area (TPSA) is 64.9 Å². The fraction of sp³-hybridized carbons (Fsp3) is 0.833. The lowest BCUT2D eigenvalue weighted by Crippen LogP contribution is -2.33. The summed E-state index contributed by atoms with van der Waals surface area (Å²) in [4.78, 5) is 4.28. The second-order valence-corrected chi connectivity index (χ2v) is 5.62. The zero-order valence-corrected chi connectivity index (χ0v) is 10.2. The van der Waals surface area contributed by atoms with Crippen LogP contribution in [0.4, 0.5) is 8.78 Å². The first-order valence-corrected chi connectivity index (χ1v) is 6.49. The van der Waals surface area contributed by atoms with Crippen LogP contribution in [0.1, 0.15) is 62.6 Å². The minimum atomic E-state index is -2.58. The Morgan fingerprint density at radius 2 is 1.94 bits per heavy atom. The molecule has 1 unspecified atom stereocenters. The largest absolute Gasteiger partial charge is 0.337 e. The summed E-state index contributed by atoms with van der Waals surface area (Å²) in [6, 6.07) is 0. The van der Waals surface area contributed by atoms with Crippen LogP contribution in [0, 0.1) is 0 Å². The molecule has 1 aromatic heterocycles. The van der Waals surface area contributed by atoms with Crippen LogP contribution in [-0.2, 0) is 5.54 Å². The molecular weight excluding hydrogens is 240 g/mol. The van der Waals surface area contributed by atoms with Crippen LogP contribution in [0.25, 0.3) is 0 Å². The van der Waals surface area contributed by atoms with Gasteiger partial charge in [-0.3, -0.25) is 0 Å². The summed E-state index contributed by atoms with van der Waals surface area (Å²) in [5.74, 6) is -2.05. The summed E-state index contributed by atoms with van der Waals surface area (Å²) in [6.07, 6.45) is 3.92. The molecule has 0 radical (unpaired) electrons. The highest BCUT2D eigenvalue weighted by Crippen LogP contribution is 2.44. The molecule has 0 aliphatic heterocycles. The molecule has 1 atom stereocenters. The highest BCUT2D eigenvalue weighted by atomic mass is 19.3. The van der Waals surface area contributed by atoms with E-state index in [0.717, 1.165) is 25.7 Å². The zero-order valence-electron chi connectivity index (χ0n) is 10.2. The highest BCUT2D eigenvalue weighted by molar-refractivity contribution is 5.08. The van der Waals surface area contributed by atoms with Gasteiger partial charge in [0.25, 0.3) is 0 Å². The smallest absolute Gasteiger partial charge is 0.248 e. The van der Waals surface area contributed by atoms with E-state index in [0.29, 0.717) is 18.1 Å². The molecule has 2 aliphatic rings. The van der Waals surface area contributed by atoms with Crippen molar-refractivity contribution in [1.82, 2.24) is 10.1 Å². The molecule has 3 rings (SSSR count). The summed E-state index contributed by atoms with van der Waals surface area (Å²) in [5.41, 5.74) is 5.67. The van der Waals surface area contributed by atoms with Crippen LogP contribution < -0.4 is 5.73 Å². The van der Waals surface area contributed by atoms with Crippen molar-refractivity contribution in [1.29, 1.82) is 0 Å². The maximum Gasteiger partial charge on any atom is 0.248 e. The van der Waals surface area contributed by atoms with Crippen molar-refractivity contribution in [2.45, 2.75) is 62.3 Å². The van der Waals surface area contributed by atoms with E-state index < -0.39 is 11.5 Å². The molecule has 1 heterocycles. The molecule has 2 N–H and O–H groups in total. The van der Waals surface area contributed by atoms with E-state index in [1.807, 2.05) is 0 Å². The lowest BCUT2D eigenvalue weighted by molar-refractivity contribution is 0.00749. The first kappa shape index (κ1) is 12.0. The van der Waals surface area contributed by atoms with E-state index >= 15 is 0 Å². The second kappa shape index (κ2) is 3.98. The van der Waals surface area contributed by atoms with Crippen LogP contribution in [0.5, 0.6) is 0 Å². The molecule has 0 bridgehead atoms. The van der Waals surface area contributed by atoms with Gasteiger partial charge in [0.15, 0.2) is 5.82 Å². The minimum absolute atomic E-state index is 0.0880. The Balaban J connectivity index is 1.78. The maximum absolute atomic E-state index is 13.2. The molecule has 2 saturated carbocycles. The number of nitrogens with zero attached hydrogens (tertiary/aromatic N) is 2. The van der Waals surface area contributed by atoms with Crippen molar-refractivity contribution in [3.63, 3.8) is 0 Å². The fourth-order valence-electron chi connectivity index (χ4n) is 2.99. The third-order valence-electron chi connectivity index (χ3n) is 4.13. The van der Waals surface area contributed by atoms with Gasteiger partial charge in [0.05, 0.1) is 5.54 Å². The van der Waals surface area contributed by atoms with Crippen molar-refractivity contribution in [2.24, 2.45) is 5.73 Å². The normalized spacial score (nSPS) is 29.8. The van der Waals surface area contributed by atoms with Gasteiger partial charge in [-0.15, -0.1) is 0 Å². The second-order valence-electron chi connectivity index (χ2n) is 5.62. The summed E-state index contributed by atoms with van der Waals surface area (Å²) in [5, 5.41) is 3.85. The number of alkyl halides is 2. The zero-order chi connectivity index (χ0) is 12.8. The average Bonchev–Trinajstić information content (AvgIpc) is 2.97. The molecule has 2 aliphatic carbocycles.